The molecule has 4 nitrogen and oxygen atoms in total. The summed E-state index contributed by atoms with van der Waals surface area (Å²) in [7, 11) is 0. The highest BCUT2D eigenvalue weighted by Gasteiger charge is 2.11. The van der Waals surface area contributed by atoms with Gasteiger partial charge in [0, 0.05) is 18.3 Å². The lowest BCUT2D eigenvalue weighted by Gasteiger charge is -2.10. The lowest BCUT2D eigenvalue weighted by atomic mass is 10.1. The highest BCUT2D eigenvalue weighted by molar-refractivity contribution is 5.89. The lowest BCUT2D eigenvalue weighted by Crippen LogP contribution is -2.30. The fourth-order valence-electron chi connectivity index (χ4n) is 1.92. The molecule has 2 N–H and O–H groups in total. The molecule has 0 spiro atoms. The zero-order chi connectivity index (χ0) is 17.5. The number of carbonyl (C=O) groups is 1. The summed E-state index contributed by atoms with van der Waals surface area (Å²) in [5.74, 6) is -1.96. The van der Waals surface area contributed by atoms with Gasteiger partial charge in [-0.2, -0.15) is 8.78 Å². The van der Waals surface area contributed by atoms with Crippen LogP contribution < -0.4 is 15.4 Å². The van der Waals surface area contributed by atoms with E-state index in [2.05, 4.69) is 15.4 Å². The quantitative estimate of drug-likeness (QED) is 0.782. The van der Waals surface area contributed by atoms with E-state index < -0.39 is 24.2 Å². The van der Waals surface area contributed by atoms with Crippen molar-refractivity contribution in [2.75, 3.05) is 11.9 Å². The predicted octanol–water partition coefficient (Wildman–Crippen LogP) is 3.93. The molecule has 2 amide bonds. The molecule has 0 aliphatic heterocycles. The number of halogens is 4. The zero-order valence-electron chi connectivity index (χ0n) is 12.4. The summed E-state index contributed by atoms with van der Waals surface area (Å²) in [6, 6.07) is 8.37. The van der Waals surface area contributed by atoms with Crippen LogP contribution in [0.5, 0.6) is 5.75 Å². The fraction of sp³-hybridized carbons (Fsp3) is 0.188. The zero-order valence-corrected chi connectivity index (χ0v) is 12.4. The van der Waals surface area contributed by atoms with Crippen LogP contribution in [0.3, 0.4) is 0 Å². The van der Waals surface area contributed by atoms with Gasteiger partial charge < -0.3 is 15.4 Å². The summed E-state index contributed by atoms with van der Waals surface area (Å²) >= 11 is 0. The van der Waals surface area contributed by atoms with E-state index in [0.29, 0.717) is 6.42 Å². The Labute approximate surface area is 135 Å². The summed E-state index contributed by atoms with van der Waals surface area (Å²) in [5, 5.41) is 4.91. The number of rotatable bonds is 6. The minimum atomic E-state index is -3.13. The molecule has 0 saturated heterocycles. The van der Waals surface area contributed by atoms with Crippen LogP contribution in [-0.2, 0) is 6.42 Å². The number of urea groups is 1. The van der Waals surface area contributed by atoms with E-state index in [4.69, 9.17) is 0 Å². The van der Waals surface area contributed by atoms with Crippen molar-refractivity contribution >= 4 is 11.7 Å². The molecule has 2 rings (SSSR count). The maximum Gasteiger partial charge on any atom is 0.387 e. The van der Waals surface area contributed by atoms with Gasteiger partial charge in [0.15, 0.2) is 11.6 Å². The fourth-order valence-corrected chi connectivity index (χ4v) is 1.92. The predicted molar refractivity (Wildman–Crippen MR) is 80.2 cm³/mol. The van der Waals surface area contributed by atoms with Crippen LogP contribution in [0.2, 0.25) is 0 Å². The molecular weight excluding hydrogens is 328 g/mol. The van der Waals surface area contributed by atoms with Crippen molar-refractivity contribution in [3.63, 3.8) is 0 Å². The Bertz CT molecular complexity index is 693. The van der Waals surface area contributed by atoms with E-state index in [1.807, 2.05) is 0 Å². The lowest BCUT2D eigenvalue weighted by molar-refractivity contribution is -0.0521. The van der Waals surface area contributed by atoms with E-state index in [1.54, 1.807) is 12.1 Å². The van der Waals surface area contributed by atoms with Crippen molar-refractivity contribution in [3.8, 4) is 5.75 Å². The van der Waals surface area contributed by atoms with Crippen LogP contribution in [-0.4, -0.2) is 19.2 Å². The molecule has 0 radical (unpaired) electrons. The van der Waals surface area contributed by atoms with Crippen LogP contribution in [0.1, 0.15) is 5.56 Å². The molecule has 2 aromatic carbocycles. The van der Waals surface area contributed by atoms with Gasteiger partial charge in [0.1, 0.15) is 5.82 Å². The van der Waals surface area contributed by atoms with Gasteiger partial charge in [-0.3, -0.25) is 0 Å². The van der Waals surface area contributed by atoms with Crippen molar-refractivity contribution in [1.29, 1.82) is 0 Å². The first-order valence-electron chi connectivity index (χ1n) is 6.97. The molecule has 0 aliphatic carbocycles. The van der Waals surface area contributed by atoms with Crippen molar-refractivity contribution in [2.24, 2.45) is 0 Å². The summed E-state index contributed by atoms with van der Waals surface area (Å²) in [6.45, 7) is -2.85. The van der Waals surface area contributed by atoms with Gasteiger partial charge in [0.2, 0.25) is 0 Å². The Balaban J connectivity index is 1.81. The summed E-state index contributed by atoms with van der Waals surface area (Å²) in [6.07, 6.45) is 0.489. The Hall–Kier alpha value is -2.77. The average molecular weight is 342 g/mol. The monoisotopic (exact) mass is 342 g/mol. The molecule has 0 aromatic heterocycles. The van der Waals surface area contributed by atoms with Gasteiger partial charge in [-0.1, -0.05) is 12.1 Å². The molecule has 8 heteroatoms. The number of hydrogen-bond acceptors (Lipinski definition) is 2. The largest absolute Gasteiger partial charge is 0.432 e. The van der Waals surface area contributed by atoms with Crippen LogP contribution in [0, 0.1) is 11.6 Å². The van der Waals surface area contributed by atoms with Crippen molar-refractivity contribution in [3.05, 3.63) is 59.7 Å². The van der Waals surface area contributed by atoms with Crippen LogP contribution in [0.15, 0.2) is 42.5 Å². The van der Waals surface area contributed by atoms with E-state index in [0.717, 1.165) is 17.7 Å². The van der Waals surface area contributed by atoms with E-state index in [1.165, 1.54) is 18.2 Å². The molecule has 0 saturated carbocycles. The number of hydrogen-bond donors (Lipinski definition) is 2. The number of amides is 2. The van der Waals surface area contributed by atoms with E-state index >= 15 is 0 Å². The molecule has 0 unspecified atom stereocenters. The Kier molecular flexibility index (Phi) is 6.00. The number of benzene rings is 2. The van der Waals surface area contributed by atoms with Gasteiger partial charge in [-0.25, -0.2) is 13.6 Å². The van der Waals surface area contributed by atoms with Crippen LogP contribution in [0.4, 0.5) is 28.0 Å². The number of nitrogens with one attached hydrogen (secondary N) is 2. The second-order valence-electron chi connectivity index (χ2n) is 4.78. The highest BCUT2D eigenvalue weighted by Crippen LogP contribution is 2.22. The average Bonchev–Trinajstić information content (AvgIpc) is 2.51. The minimum absolute atomic E-state index is 0.0911. The van der Waals surface area contributed by atoms with Crippen molar-refractivity contribution in [1.82, 2.24) is 5.32 Å². The van der Waals surface area contributed by atoms with Gasteiger partial charge in [-0.05, 0) is 36.2 Å². The molecule has 2 aromatic rings. The number of ether oxygens (including phenoxy) is 1. The summed E-state index contributed by atoms with van der Waals surface area (Å²) in [5.41, 5.74) is 0.935. The van der Waals surface area contributed by atoms with Gasteiger partial charge in [-0.15, -0.1) is 0 Å². The maximum atomic E-state index is 13.5. The molecule has 24 heavy (non-hydrogen) atoms. The third-order valence-electron chi connectivity index (χ3n) is 3.02. The summed E-state index contributed by atoms with van der Waals surface area (Å²) < 4.78 is 54.3. The van der Waals surface area contributed by atoms with E-state index in [9.17, 15) is 22.4 Å². The Morgan fingerprint density at radius 1 is 1.08 bits per heavy atom. The topological polar surface area (TPSA) is 50.4 Å². The molecule has 0 aliphatic rings. The smallest absolute Gasteiger partial charge is 0.387 e. The second kappa shape index (κ2) is 8.19. The molecule has 0 heterocycles. The van der Waals surface area contributed by atoms with Crippen LogP contribution >= 0.6 is 0 Å². The third kappa shape index (κ3) is 5.45. The molecule has 0 atom stereocenters. The molecule has 0 bridgehead atoms. The number of anilines is 1. The normalized spacial score (nSPS) is 10.5. The first-order valence-corrected chi connectivity index (χ1v) is 6.97. The third-order valence-corrected chi connectivity index (χ3v) is 3.02. The maximum absolute atomic E-state index is 13.5. The standard InChI is InChI=1S/C16H14F4N2O2/c17-11-3-1-10(2-4-11)7-8-21-16(23)22-12-5-6-14(13(18)9-12)24-15(19)20/h1-6,9,15H,7-8H2,(H2,21,22,23). The highest BCUT2D eigenvalue weighted by atomic mass is 19.3. The molecule has 0 fully saturated rings. The van der Waals surface area contributed by atoms with Crippen LogP contribution in [0.25, 0.3) is 0 Å². The Morgan fingerprint density at radius 3 is 2.42 bits per heavy atom. The van der Waals surface area contributed by atoms with Gasteiger partial charge >= 0.3 is 12.6 Å². The van der Waals surface area contributed by atoms with Crippen molar-refractivity contribution < 1.29 is 27.1 Å². The number of alkyl halides is 2. The number of carbonyl (C=O) groups excluding carboxylic acids is 1. The minimum Gasteiger partial charge on any atom is -0.432 e. The molecule has 128 valence electrons. The SMILES string of the molecule is O=C(NCCc1ccc(F)cc1)Nc1ccc(OC(F)F)c(F)c1. The van der Waals surface area contributed by atoms with Crippen molar-refractivity contribution in [2.45, 2.75) is 13.0 Å². The second-order valence-corrected chi connectivity index (χ2v) is 4.78. The Morgan fingerprint density at radius 2 is 1.79 bits per heavy atom. The first-order chi connectivity index (χ1) is 11.4. The van der Waals surface area contributed by atoms with E-state index in [-0.39, 0.29) is 18.0 Å². The first kappa shape index (κ1) is 17.6. The molecular formula is C16H14F4N2O2. The van der Waals surface area contributed by atoms with Gasteiger partial charge in [0.05, 0.1) is 0 Å². The summed E-state index contributed by atoms with van der Waals surface area (Å²) in [4.78, 5) is 11.7. The van der Waals surface area contributed by atoms with Gasteiger partial charge in [0.25, 0.3) is 0 Å².